The number of hydrogen-bond acceptors (Lipinski definition) is 4. The minimum Gasteiger partial charge on any atom is -0.224 e. The third-order valence-electron chi connectivity index (χ3n) is 3.00. The fraction of sp³-hybridized carbons (Fsp3) is 0.600. The first-order chi connectivity index (χ1) is 7.74. The van der Waals surface area contributed by atoms with E-state index < -0.39 is 25.1 Å². The number of nitrogens with zero attached hydrogens (tertiary/aromatic N) is 1. The Morgan fingerprint density at radius 3 is 2.18 bits per heavy atom. The third-order valence-corrected chi connectivity index (χ3v) is 6.44. The highest BCUT2D eigenvalue weighted by molar-refractivity contribution is 7.94. The van der Waals surface area contributed by atoms with Gasteiger partial charge in [-0.15, -0.1) is 0 Å². The first-order valence-electron chi connectivity index (χ1n) is 5.25. The molecular formula is C10H17NO4S2. The second kappa shape index (κ2) is 4.91. The van der Waals surface area contributed by atoms with Crippen LogP contribution in [-0.2, 0) is 19.9 Å². The molecule has 2 atom stereocenters. The van der Waals surface area contributed by atoms with Gasteiger partial charge in [-0.2, -0.15) is 4.31 Å². The van der Waals surface area contributed by atoms with E-state index in [0.717, 1.165) is 10.8 Å². The van der Waals surface area contributed by atoms with Crippen molar-refractivity contribution in [3.63, 3.8) is 0 Å². The van der Waals surface area contributed by atoms with E-state index in [0.29, 0.717) is 12.8 Å². The van der Waals surface area contributed by atoms with E-state index in [1.807, 2.05) is 0 Å². The summed E-state index contributed by atoms with van der Waals surface area (Å²) in [4.78, 5) is 0. The highest BCUT2D eigenvalue weighted by atomic mass is 32.2. The molecule has 0 aromatic rings. The lowest BCUT2D eigenvalue weighted by Gasteiger charge is -2.35. The van der Waals surface area contributed by atoms with Crippen molar-refractivity contribution in [2.45, 2.75) is 31.1 Å². The molecule has 1 aliphatic heterocycles. The smallest absolute Gasteiger partial charge is 0.224 e. The van der Waals surface area contributed by atoms with E-state index >= 15 is 0 Å². The van der Waals surface area contributed by atoms with Crippen LogP contribution in [0.25, 0.3) is 0 Å². The molecule has 0 bridgehead atoms. The molecule has 0 aromatic carbocycles. The van der Waals surface area contributed by atoms with Crippen molar-refractivity contribution in [1.29, 1.82) is 0 Å². The molecule has 7 heteroatoms. The Morgan fingerprint density at radius 1 is 1.18 bits per heavy atom. The minimum absolute atomic E-state index is 0.202. The molecule has 0 radical (unpaired) electrons. The fourth-order valence-corrected chi connectivity index (χ4v) is 4.41. The van der Waals surface area contributed by atoms with Gasteiger partial charge in [0.25, 0.3) is 0 Å². The molecule has 0 aliphatic carbocycles. The van der Waals surface area contributed by atoms with Gasteiger partial charge in [0.15, 0.2) is 9.84 Å². The summed E-state index contributed by atoms with van der Waals surface area (Å²) in [5, 5.41) is 1.31. The van der Waals surface area contributed by atoms with Crippen molar-refractivity contribution >= 4 is 19.9 Å². The second-order valence-electron chi connectivity index (χ2n) is 4.07. The Kier molecular flexibility index (Phi) is 4.16. The lowest BCUT2D eigenvalue weighted by Crippen LogP contribution is -2.46. The lowest BCUT2D eigenvalue weighted by atomic mass is 10.1. The van der Waals surface area contributed by atoms with Crippen LogP contribution in [-0.4, -0.2) is 39.0 Å². The Balaban J connectivity index is 2.89. The number of piperidine rings is 1. The molecule has 0 amide bonds. The van der Waals surface area contributed by atoms with E-state index in [1.54, 1.807) is 6.92 Å². The highest BCUT2D eigenvalue weighted by Crippen LogP contribution is 2.26. The van der Waals surface area contributed by atoms with Crippen LogP contribution in [0.3, 0.4) is 0 Å². The molecule has 1 saturated heterocycles. The Hall–Kier alpha value is -0.660. The zero-order valence-electron chi connectivity index (χ0n) is 9.74. The Morgan fingerprint density at radius 2 is 1.76 bits per heavy atom. The van der Waals surface area contributed by atoms with Gasteiger partial charge in [-0.25, -0.2) is 16.8 Å². The minimum atomic E-state index is -3.47. The third kappa shape index (κ3) is 2.97. The maximum Gasteiger partial charge on any atom is 0.235 e. The maximum absolute atomic E-state index is 11.6. The average Bonchev–Trinajstić information content (AvgIpc) is 2.28. The van der Waals surface area contributed by atoms with Crippen molar-refractivity contribution in [1.82, 2.24) is 4.31 Å². The molecule has 1 fully saturated rings. The SMILES string of the molecule is C=CS(=O)(=O)C1CCN(S(=O)(=O)C=C)C(C)C1. The monoisotopic (exact) mass is 279 g/mol. The summed E-state index contributed by atoms with van der Waals surface area (Å²) in [5.74, 6) is 0. The van der Waals surface area contributed by atoms with Crippen LogP contribution in [0, 0.1) is 0 Å². The summed E-state index contributed by atoms with van der Waals surface area (Å²) in [6.45, 7) is 8.44. The Labute approximate surface area is 103 Å². The summed E-state index contributed by atoms with van der Waals surface area (Å²) in [5.41, 5.74) is 0. The molecule has 0 saturated carbocycles. The molecule has 0 N–H and O–H groups in total. The van der Waals surface area contributed by atoms with Gasteiger partial charge in [0, 0.05) is 23.4 Å². The number of sulfone groups is 1. The molecule has 0 aromatic heterocycles. The van der Waals surface area contributed by atoms with E-state index in [4.69, 9.17) is 0 Å². The summed E-state index contributed by atoms with van der Waals surface area (Å²) < 4.78 is 47.8. The van der Waals surface area contributed by atoms with Crippen LogP contribution >= 0.6 is 0 Å². The summed E-state index contributed by atoms with van der Waals surface area (Å²) >= 11 is 0. The van der Waals surface area contributed by atoms with Crippen molar-refractivity contribution in [2.75, 3.05) is 6.54 Å². The molecule has 1 heterocycles. The zero-order valence-corrected chi connectivity index (χ0v) is 11.4. The molecule has 17 heavy (non-hydrogen) atoms. The molecule has 98 valence electrons. The maximum atomic E-state index is 11.6. The van der Waals surface area contributed by atoms with Crippen molar-refractivity contribution in [2.24, 2.45) is 0 Å². The number of rotatable bonds is 4. The molecular weight excluding hydrogens is 262 g/mol. The van der Waals surface area contributed by atoms with Gasteiger partial charge < -0.3 is 0 Å². The van der Waals surface area contributed by atoms with Gasteiger partial charge in [0.05, 0.1) is 5.25 Å². The van der Waals surface area contributed by atoms with Gasteiger partial charge >= 0.3 is 0 Å². The van der Waals surface area contributed by atoms with Crippen LogP contribution in [0.5, 0.6) is 0 Å². The van der Waals surface area contributed by atoms with Crippen LogP contribution < -0.4 is 0 Å². The van der Waals surface area contributed by atoms with Gasteiger partial charge in [-0.1, -0.05) is 13.2 Å². The molecule has 2 unspecified atom stereocenters. The van der Waals surface area contributed by atoms with Crippen molar-refractivity contribution < 1.29 is 16.8 Å². The van der Waals surface area contributed by atoms with Gasteiger partial charge in [-0.3, -0.25) is 0 Å². The first kappa shape index (κ1) is 14.4. The van der Waals surface area contributed by atoms with Crippen molar-refractivity contribution in [3.8, 4) is 0 Å². The van der Waals surface area contributed by atoms with Crippen LogP contribution in [0.15, 0.2) is 24.0 Å². The van der Waals surface area contributed by atoms with Gasteiger partial charge in [0.1, 0.15) is 0 Å². The summed E-state index contributed by atoms with van der Waals surface area (Å²) in [6, 6.07) is -0.341. The van der Waals surface area contributed by atoms with Crippen LogP contribution in [0.4, 0.5) is 0 Å². The first-order valence-corrected chi connectivity index (χ1v) is 8.36. The number of hydrogen-bond donors (Lipinski definition) is 0. The quantitative estimate of drug-likeness (QED) is 0.765. The van der Waals surface area contributed by atoms with Gasteiger partial charge in [-0.05, 0) is 19.8 Å². The average molecular weight is 279 g/mol. The normalized spacial score (nSPS) is 27.6. The molecule has 1 rings (SSSR count). The molecule has 5 nitrogen and oxygen atoms in total. The van der Waals surface area contributed by atoms with E-state index in [2.05, 4.69) is 13.2 Å². The lowest BCUT2D eigenvalue weighted by molar-refractivity contribution is 0.273. The predicted molar refractivity (Wildman–Crippen MR) is 67.4 cm³/mol. The topological polar surface area (TPSA) is 71.5 Å². The number of sulfonamides is 1. The van der Waals surface area contributed by atoms with Crippen molar-refractivity contribution in [3.05, 3.63) is 24.0 Å². The fourth-order valence-electron chi connectivity index (χ4n) is 2.02. The summed E-state index contributed by atoms with van der Waals surface area (Å²) in [6.07, 6.45) is 0.590. The van der Waals surface area contributed by atoms with E-state index in [9.17, 15) is 16.8 Å². The van der Waals surface area contributed by atoms with Crippen LogP contribution in [0.1, 0.15) is 19.8 Å². The molecule has 0 spiro atoms. The Bertz CT molecular complexity index is 506. The van der Waals surface area contributed by atoms with E-state index in [1.165, 1.54) is 4.31 Å². The predicted octanol–water partition coefficient (Wildman–Crippen LogP) is 0.871. The van der Waals surface area contributed by atoms with E-state index in [-0.39, 0.29) is 12.6 Å². The zero-order chi connectivity index (χ0) is 13.3. The molecule has 1 aliphatic rings. The van der Waals surface area contributed by atoms with Gasteiger partial charge in [0.2, 0.25) is 10.0 Å². The van der Waals surface area contributed by atoms with Crippen LogP contribution in [0.2, 0.25) is 0 Å². The standard InChI is InChI=1S/C10H17NO4S2/c1-4-16(12,13)10-6-7-11(9(3)8-10)17(14,15)5-2/h4-5,9-10H,1-2,6-8H2,3H3. The summed E-state index contributed by atoms with van der Waals surface area (Å²) in [7, 11) is -6.78. The highest BCUT2D eigenvalue weighted by Gasteiger charge is 2.36. The largest absolute Gasteiger partial charge is 0.235 e. The second-order valence-corrected chi connectivity index (χ2v) is 8.08.